The molecular formula is C25H31N5O2S. The van der Waals surface area contributed by atoms with Gasteiger partial charge >= 0.3 is 0 Å². The smallest absolute Gasteiger partial charge is 0.220 e. The Morgan fingerprint density at radius 3 is 2.70 bits per heavy atom. The maximum Gasteiger partial charge on any atom is 0.220 e. The monoisotopic (exact) mass is 465 g/mol. The minimum absolute atomic E-state index is 0.106. The summed E-state index contributed by atoms with van der Waals surface area (Å²) in [5.74, 6) is 1.73. The molecule has 1 amide bonds. The van der Waals surface area contributed by atoms with E-state index in [0.29, 0.717) is 13.0 Å². The van der Waals surface area contributed by atoms with Crippen molar-refractivity contribution in [3.63, 3.8) is 0 Å². The largest absolute Gasteiger partial charge is 0.379 e. The third kappa shape index (κ3) is 6.66. The molecular weight excluding hydrogens is 434 g/mol. The van der Waals surface area contributed by atoms with Crippen molar-refractivity contribution in [2.45, 2.75) is 24.9 Å². The first-order valence-corrected chi connectivity index (χ1v) is 12.5. The number of thioether (sulfide) groups is 1. The van der Waals surface area contributed by atoms with E-state index in [1.807, 2.05) is 30.3 Å². The summed E-state index contributed by atoms with van der Waals surface area (Å²) in [5, 5.41) is 12.8. The summed E-state index contributed by atoms with van der Waals surface area (Å²) in [4.78, 5) is 14.5. The molecule has 1 fully saturated rings. The average Bonchev–Trinajstić information content (AvgIpc) is 3.27. The lowest BCUT2D eigenvalue weighted by molar-refractivity contribution is -0.121. The Bertz CT molecular complexity index is 1030. The molecule has 1 aromatic heterocycles. The van der Waals surface area contributed by atoms with Crippen molar-refractivity contribution in [3.05, 3.63) is 60.2 Å². The van der Waals surface area contributed by atoms with E-state index in [4.69, 9.17) is 4.74 Å². The van der Waals surface area contributed by atoms with Gasteiger partial charge in [0, 0.05) is 49.6 Å². The number of amides is 1. The highest BCUT2D eigenvalue weighted by molar-refractivity contribution is 7.99. The number of aryl methyl sites for hydroxylation is 1. The number of hydrogen-bond donors (Lipinski definition) is 1. The van der Waals surface area contributed by atoms with Crippen molar-refractivity contribution in [1.29, 1.82) is 0 Å². The van der Waals surface area contributed by atoms with Crippen molar-refractivity contribution in [3.8, 4) is 17.1 Å². The van der Waals surface area contributed by atoms with Gasteiger partial charge in [0.2, 0.25) is 5.91 Å². The molecule has 1 aliphatic rings. The van der Waals surface area contributed by atoms with E-state index in [-0.39, 0.29) is 5.91 Å². The van der Waals surface area contributed by atoms with Gasteiger partial charge in [-0.2, -0.15) is 0 Å². The van der Waals surface area contributed by atoms with E-state index in [2.05, 4.69) is 56.2 Å². The minimum atomic E-state index is 0.106. The Morgan fingerprint density at radius 1 is 1.09 bits per heavy atom. The van der Waals surface area contributed by atoms with Gasteiger partial charge in [-0.15, -0.1) is 10.2 Å². The molecule has 1 aliphatic heterocycles. The first kappa shape index (κ1) is 23.5. The molecule has 0 saturated carbocycles. The highest BCUT2D eigenvalue weighted by Crippen LogP contribution is 2.28. The highest BCUT2D eigenvalue weighted by Gasteiger charge is 2.16. The van der Waals surface area contributed by atoms with Crippen LogP contribution in [0.1, 0.15) is 18.4 Å². The highest BCUT2D eigenvalue weighted by atomic mass is 32.2. The van der Waals surface area contributed by atoms with E-state index in [0.717, 1.165) is 67.3 Å². The van der Waals surface area contributed by atoms with Gasteiger partial charge in [-0.1, -0.05) is 54.2 Å². The maximum atomic E-state index is 12.2. The van der Waals surface area contributed by atoms with Crippen LogP contribution in [0.3, 0.4) is 0 Å². The van der Waals surface area contributed by atoms with Gasteiger partial charge in [0.05, 0.1) is 13.2 Å². The van der Waals surface area contributed by atoms with Crippen LogP contribution in [-0.2, 0) is 9.53 Å². The van der Waals surface area contributed by atoms with Crippen molar-refractivity contribution in [2.75, 3.05) is 45.1 Å². The van der Waals surface area contributed by atoms with Gasteiger partial charge in [-0.25, -0.2) is 0 Å². The Balaban J connectivity index is 1.32. The van der Waals surface area contributed by atoms with Gasteiger partial charge in [-0.3, -0.25) is 14.3 Å². The molecule has 1 N–H and O–H groups in total. The molecule has 1 saturated heterocycles. The second-order valence-electron chi connectivity index (χ2n) is 8.10. The molecule has 2 heterocycles. The summed E-state index contributed by atoms with van der Waals surface area (Å²) in [5.41, 5.74) is 3.25. The van der Waals surface area contributed by atoms with Crippen LogP contribution in [0.15, 0.2) is 59.8 Å². The Hall–Kier alpha value is -2.68. The molecule has 0 unspecified atom stereocenters. The molecule has 4 rings (SSSR count). The number of hydrogen-bond acceptors (Lipinski definition) is 6. The Morgan fingerprint density at radius 2 is 1.91 bits per heavy atom. The molecule has 0 atom stereocenters. The van der Waals surface area contributed by atoms with Gasteiger partial charge in [0.1, 0.15) is 0 Å². The van der Waals surface area contributed by atoms with Crippen LogP contribution in [0.5, 0.6) is 0 Å². The number of ether oxygens (including phenoxy) is 1. The molecule has 8 heteroatoms. The molecule has 174 valence electrons. The van der Waals surface area contributed by atoms with Crippen LogP contribution in [0.25, 0.3) is 17.1 Å². The van der Waals surface area contributed by atoms with Gasteiger partial charge < -0.3 is 10.1 Å². The number of rotatable bonds is 10. The lowest BCUT2D eigenvalue weighted by Crippen LogP contribution is -2.41. The van der Waals surface area contributed by atoms with Crippen molar-refractivity contribution < 1.29 is 9.53 Å². The van der Waals surface area contributed by atoms with Crippen molar-refractivity contribution >= 4 is 17.7 Å². The van der Waals surface area contributed by atoms with Crippen LogP contribution in [0.2, 0.25) is 0 Å². The van der Waals surface area contributed by atoms with Crippen LogP contribution >= 0.6 is 11.8 Å². The van der Waals surface area contributed by atoms with Crippen LogP contribution in [-0.4, -0.2) is 70.7 Å². The number of nitrogens with zero attached hydrogens (tertiary/aromatic N) is 4. The fraction of sp³-hybridized carbons (Fsp3) is 0.400. The average molecular weight is 466 g/mol. The SMILES string of the molecule is Cc1cccc(-n2c(SCCCC(=O)NCCN3CCOCC3)nnc2-c2ccccc2)c1. The first-order valence-electron chi connectivity index (χ1n) is 11.5. The predicted molar refractivity (Wildman–Crippen MR) is 132 cm³/mol. The normalized spacial score (nSPS) is 14.3. The number of nitrogens with one attached hydrogen (secondary N) is 1. The number of morpholine rings is 1. The summed E-state index contributed by atoms with van der Waals surface area (Å²) < 4.78 is 7.46. The van der Waals surface area contributed by atoms with E-state index >= 15 is 0 Å². The topological polar surface area (TPSA) is 72.3 Å². The van der Waals surface area contributed by atoms with Crippen LogP contribution < -0.4 is 5.32 Å². The van der Waals surface area contributed by atoms with Gasteiger partial charge in [0.15, 0.2) is 11.0 Å². The molecule has 0 radical (unpaired) electrons. The predicted octanol–water partition coefficient (Wildman–Crippen LogP) is 3.56. The van der Waals surface area contributed by atoms with Crippen LogP contribution in [0, 0.1) is 6.92 Å². The Labute approximate surface area is 199 Å². The summed E-state index contributed by atoms with van der Waals surface area (Å²) in [6.07, 6.45) is 1.30. The van der Waals surface area contributed by atoms with E-state index in [1.54, 1.807) is 11.8 Å². The second-order valence-corrected chi connectivity index (χ2v) is 9.16. The zero-order valence-electron chi connectivity index (χ0n) is 19.1. The molecule has 0 spiro atoms. The maximum absolute atomic E-state index is 12.2. The molecule has 7 nitrogen and oxygen atoms in total. The molecule has 0 bridgehead atoms. The van der Waals surface area contributed by atoms with E-state index < -0.39 is 0 Å². The number of carbonyl (C=O) groups excluding carboxylic acids is 1. The molecule has 33 heavy (non-hydrogen) atoms. The van der Waals surface area contributed by atoms with Gasteiger partial charge in [-0.05, 0) is 31.0 Å². The van der Waals surface area contributed by atoms with E-state index in [9.17, 15) is 4.79 Å². The summed E-state index contributed by atoms with van der Waals surface area (Å²) in [7, 11) is 0. The molecule has 0 aliphatic carbocycles. The fourth-order valence-electron chi connectivity index (χ4n) is 3.80. The second kappa shape index (κ2) is 12.0. The van der Waals surface area contributed by atoms with Crippen molar-refractivity contribution in [2.24, 2.45) is 0 Å². The van der Waals surface area contributed by atoms with Gasteiger partial charge in [0.25, 0.3) is 0 Å². The minimum Gasteiger partial charge on any atom is -0.379 e. The standard InChI is InChI=1S/C25H31N5O2S/c1-20-7-5-10-22(19-20)30-24(21-8-3-2-4-9-21)27-28-25(30)33-18-6-11-23(31)26-12-13-29-14-16-32-17-15-29/h2-5,7-10,19H,6,11-18H2,1H3,(H,26,31). The molecule has 3 aromatic rings. The lowest BCUT2D eigenvalue weighted by atomic mass is 10.2. The molecule has 2 aromatic carbocycles. The summed E-state index contributed by atoms with van der Waals surface area (Å²) >= 11 is 1.64. The van der Waals surface area contributed by atoms with E-state index in [1.165, 1.54) is 5.56 Å². The quantitative estimate of drug-likeness (QED) is 0.365. The zero-order valence-corrected chi connectivity index (χ0v) is 19.9. The van der Waals surface area contributed by atoms with Crippen molar-refractivity contribution in [1.82, 2.24) is 25.0 Å². The van der Waals surface area contributed by atoms with Crippen LogP contribution in [0.4, 0.5) is 0 Å². The Kier molecular flexibility index (Phi) is 8.52. The first-order chi connectivity index (χ1) is 16.2. The number of aromatic nitrogens is 3. The zero-order chi connectivity index (χ0) is 22.9. The third-order valence-corrected chi connectivity index (χ3v) is 6.57. The number of carbonyl (C=O) groups is 1. The summed E-state index contributed by atoms with van der Waals surface area (Å²) in [6, 6.07) is 18.5. The lowest BCUT2D eigenvalue weighted by Gasteiger charge is -2.26. The third-order valence-electron chi connectivity index (χ3n) is 5.56. The number of benzene rings is 2. The fourth-order valence-corrected chi connectivity index (χ4v) is 4.69. The summed E-state index contributed by atoms with van der Waals surface area (Å²) in [6.45, 7) is 7.10.